The van der Waals surface area contributed by atoms with Crippen LogP contribution in [0.15, 0.2) is 60.7 Å². The molecule has 2 aromatic rings. The van der Waals surface area contributed by atoms with Gasteiger partial charge in [0, 0.05) is 23.4 Å². The quantitative estimate of drug-likeness (QED) is 0.810. The van der Waals surface area contributed by atoms with Gasteiger partial charge < -0.3 is 5.32 Å². The fourth-order valence-electron chi connectivity index (χ4n) is 3.35. The lowest BCUT2D eigenvalue weighted by Crippen LogP contribution is -2.50. The number of amides is 2. The largest absolute Gasteiger partial charge is 0.349 e. The smallest absolute Gasteiger partial charge is 0.248 e. The van der Waals surface area contributed by atoms with Gasteiger partial charge >= 0.3 is 0 Å². The van der Waals surface area contributed by atoms with Crippen molar-refractivity contribution in [3.8, 4) is 0 Å². The molecule has 0 saturated carbocycles. The molecule has 0 radical (unpaired) electrons. The van der Waals surface area contributed by atoms with Crippen LogP contribution in [0.4, 0.5) is 5.69 Å². The van der Waals surface area contributed by atoms with Crippen LogP contribution >= 0.6 is 11.8 Å². The maximum absolute atomic E-state index is 13.6. The average Bonchev–Trinajstić information content (AvgIpc) is 3.12. The van der Waals surface area contributed by atoms with Crippen molar-refractivity contribution in [2.75, 3.05) is 10.7 Å². The van der Waals surface area contributed by atoms with Gasteiger partial charge in [-0.25, -0.2) is 0 Å². The molecule has 3 rings (SSSR count). The number of rotatable bonds is 5. The Bertz CT molecular complexity index is 878. The first-order valence-corrected chi connectivity index (χ1v) is 10.7. The van der Waals surface area contributed by atoms with Crippen LogP contribution in [0.5, 0.6) is 0 Å². The Morgan fingerprint density at radius 2 is 1.62 bits per heavy atom. The molecule has 6 heteroatoms. The van der Waals surface area contributed by atoms with Gasteiger partial charge in [0.05, 0.1) is 5.92 Å². The number of carbonyl (C=O) groups is 3. The third-order valence-corrected chi connectivity index (χ3v) is 5.66. The molecule has 2 amide bonds. The van der Waals surface area contributed by atoms with Crippen LogP contribution in [0.2, 0.25) is 0 Å². The third kappa shape index (κ3) is 5.26. The molecule has 1 fully saturated rings. The van der Waals surface area contributed by atoms with E-state index in [0.717, 1.165) is 5.56 Å². The summed E-state index contributed by atoms with van der Waals surface area (Å²) in [7, 11) is 0. The molecule has 5 nitrogen and oxygen atoms in total. The van der Waals surface area contributed by atoms with E-state index in [1.165, 1.54) is 11.8 Å². The lowest BCUT2D eigenvalue weighted by Gasteiger charge is -2.35. The molecule has 152 valence electrons. The molecule has 1 aliphatic heterocycles. The Morgan fingerprint density at radius 1 is 1.03 bits per heavy atom. The van der Waals surface area contributed by atoms with Crippen LogP contribution in [0.3, 0.4) is 0 Å². The molecule has 0 unspecified atom stereocenters. The van der Waals surface area contributed by atoms with Gasteiger partial charge in [-0.2, -0.15) is 0 Å². The predicted octanol–water partition coefficient (Wildman–Crippen LogP) is 3.96. The van der Waals surface area contributed by atoms with Crippen molar-refractivity contribution in [3.63, 3.8) is 0 Å². The standard InChI is InChI=1S/C23H26N2O3S/c1-23(2,3)24-21(27)20(16-10-6-4-7-11-16)25(18-12-8-5-9-13-18)22(28)17-14-19(26)29-15-17/h4-13,17,20H,14-15H2,1-3H3,(H,24,27)/t17-,20+/m0/s1. The summed E-state index contributed by atoms with van der Waals surface area (Å²) < 4.78 is 0. The summed E-state index contributed by atoms with van der Waals surface area (Å²) in [6.45, 7) is 5.73. The number of benzene rings is 2. The lowest BCUT2D eigenvalue weighted by atomic mass is 9.98. The normalized spacial score (nSPS) is 17.6. The first-order valence-electron chi connectivity index (χ1n) is 9.67. The summed E-state index contributed by atoms with van der Waals surface area (Å²) >= 11 is 1.19. The summed E-state index contributed by atoms with van der Waals surface area (Å²) in [5.74, 6) is -0.435. The fraction of sp³-hybridized carbons (Fsp3) is 0.348. The monoisotopic (exact) mass is 410 g/mol. The first-order chi connectivity index (χ1) is 13.8. The molecule has 1 heterocycles. The lowest BCUT2D eigenvalue weighted by molar-refractivity contribution is -0.129. The zero-order chi connectivity index (χ0) is 21.0. The molecule has 1 aliphatic rings. The Balaban J connectivity index is 2.08. The predicted molar refractivity (Wildman–Crippen MR) is 117 cm³/mol. The average molecular weight is 411 g/mol. The van der Waals surface area contributed by atoms with Crippen molar-refractivity contribution in [1.29, 1.82) is 0 Å². The van der Waals surface area contributed by atoms with E-state index >= 15 is 0 Å². The number of nitrogens with zero attached hydrogens (tertiary/aromatic N) is 1. The number of hydrogen-bond donors (Lipinski definition) is 1. The van der Waals surface area contributed by atoms with Gasteiger partial charge in [-0.1, -0.05) is 60.3 Å². The van der Waals surface area contributed by atoms with Crippen molar-refractivity contribution in [2.24, 2.45) is 5.92 Å². The minimum absolute atomic E-state index is 0.0202. The second kappa shape index (κ2) is 8.82. The van der Waals surface area contributed by atoms with Crippen LogP contribution in [-0.2, 0) is 14.4 Å². The third-order valence-electron chi connectivity index (χ3n) is 4.60. The van der Waals surface area contributed by atoms with Crippen LogP contribution in [0, 0.1) is 5.92 Å². The van der Waals surface area contributed by atoms with E-state index in [9.17, 15) is 14.4 Å². The Labute approximate surface area is 175 Å². The van der Waals surface area contributed by atoms with E-state index in [0.29, 0.717) is 11.4 Å². The number of hydrogen-bond acceptors (Lipinski definition) is 4. The van der Waals surface area contributed by atoms with E-state index in [1.807, 2.05) is 81.4 Å². The van der Waals surface area contributed by atoms with Gasteiger partial charge in [-0.15, -0.1) is 0 Å². The second-order valence-corrected chi connectivity index (χ2v) is 9.26. The molecule has 0 aliphatic carbocycles. The van der Waals surface area contributed by atoms with Crippen molar-refractivity contribution in [2.45, 2.75) is 38.8 Å². The van der Waals surface area contributed by atoms with Crippen LogP contribution < -0.4 is 10.2 Å². The van der Waals surface area contributed by atoms with E-state index in [4.69, 9.17) is 0 Å². The van der Waals surface area contributed by atoms with Gasteiger partial charge in [0.15, 0.2) is 5.12 Å². The van der Waals surface area contributed by atoms with Gasteiger partial charge in [-0.05, 0) is 38.5 Å². The number of thioether (sulfide) groups is 1. The highest BCUT2D eigenvalue weighted by Crippen LogP contribution is 2.34. The van der Waals surface area contributed by atoms with Crippen LogP contribution in [-0.4, -0.2) is 28.2 Å². The Hall–Kier alpha value is -2.60. The van der Waals surface area contributed by atoms with E-state index in [2.05, 4.69) is 5.32 Å². The minimum atomic E-state index is -0.828. The SMILES string of the molecule is CC(C)(C)NC(=O)[C@@H](c1ccccc1)N(C(=O)[C@@H]1CSC(=O)C1)c1ccccc1. The summed E-state index contributed by atoms with van der Waals surface area (Å²) in [5, 5.41) is 3.04. The summed E-state index contributed by atoms with van der Waals surface area (Å²) in [6.07, 6.45) is 0.204. The van der Waals surface area contributed by atoms with Gasteiger partial charge in [0.2, 0.25) is 11.8 Å². The molecular weight excluding hydrogens is 384 g/mol. The number of nitrogens with one attached hydrogen (secondary N) is 1. The minimum Gasteiger partial charge on any atom is -0.349 e. The number of para-hydroxylation sites is 1. The second-order valence-electron chi connectivity index (χ2n) is 8.18. The van der Waals surface area contributed by atoms with Crippen LogP contribution in [0.1, 0.15) is 38.8 Å². The van der Waals surface area contributed by atoms with Crippen molar-refractivity contribution < 1.29 is 14.4 Å². The van der Waals surface area contributed by atoms with Crippen molar-refractivity contribution >= 4 is 34.4 Å². The molecule has 2 atom stereocenters. The van der Waals surface area contributed by atoms with Crippen molar-refractivity contribution in [1.82, 2.24) is 5.32 Å². The topological polar surface area (TPSA) is 66.5 Å². The highest BCUT2D eigenvalue weighted by molar-refractivity contribution is 8.14. The highest BCUT2D eigenvalue weighted by atomic mass is 32.2. The summed E-state index contributed by atoms with van der Waals surface area (Å²) in [5.41, 5.74) is 0.914. The first kappa shape index (κ1) is 21.1. The molecule has 1 saturated heterocycles. The zero-order valence-electron chi connectivity index (χ0n) is 16.9. The molecule has 0 aromatic heterocycles. The van der Waals surface area contributed by atoms with Gasteiger partial charge in [0.25, 0.3) is 0 Å². The molecule has 0 spiro atoms. The maximum atomic E-state index is 13.6. The van der Waals surface area contributed by atoms with E-state index in [1.54, 1.807) is 4.90 Å². The molecule has 29 heavy (non-hydrogen) atoms. The van der Waals surface area contributed by atoms with Gasteiger partial charge in [-0.3, -0.25) is 19.3 Å². The highest BCUT2D eigenvalue weighted by Gasteiger charge is 2.39. The van der Waals surface area contributed by atoms with E-state index in [-0.39, 0.29) is 23.4 Å². The fourth-order valence-corrected chi connectivity index (χ4v) is 4.32. The molecular formula is C23H26N2O3S. The van der Waals surface area contributed by atoms with Crippen molar-refractivity contribution in [3.05, 3.63) is 66.2 Å². The Kier molecular flexibility index (Phi) is 6.42. The Morgan fingerprint density at radius 3 is 2.14 bits per heavy atom. The zero-order valence-corrected chi connectivity index (χ0v) is 17.7. The molecule has 0 bridgehead atoms. The summed E-state index contributed by atoms with van der Waals surface area (Å²) in [4.78, 5) is 40.3. The van der Waals surface area contributed by atoms with Crippen LogP contribution in [0.25, 0.3) is 0 Å². The molecule has 1 N–H and O–H groups in total. The number of anilines is 1. The molecule has 2 aromatic carbocycles. The van der Waals surface area contributed by atoms with Gasteiger partial charge in [0.1, 0.15) is 6.04 Å². The van der Waals surface area contributed by atoms with E-state index < -0.39 is 17.5 Å². The summed E-state index contributed by atoms with van der Waals surface area (Å²) in [6, 6.07) is 17.7. The number of carbonyl (C=O) groups excluding carboxylic acids is 3. The maximum Gasteiger partial charge on any atom is 0.248 e.